The molecule has 0 heterocycles. The minimum atomic E-state index is -0.599. The van der Waals surface area contributed by atoms with Crippen molar-refractivity contribution in [1.82, 2.24) is 4.90 Å². The van der Waals surface area contributed by atoms with E-state index < -0.39 is 6.10 Å². The Labute approximate surface area is 121 Å². The van der Waals surface area contributed by atoms with Gasteiger partial charge < -0.3 is 10.0 Å². The van der Waals surface area contributed by atoms with Crippen LogP contribution in [0.2, 0.25) is 0 Å². The highest BCUT2D eigenvalue weighted by atomic mass is 16.3. The first-order chi connectivity index (χ1) is 9.68. The summed E-state index contributed by atoms with van der Waals surface area (Å²) in [7, 11) is 4.04. The van der Waals surface area contributed by atoms with Crippen LogP contribution in [-0.4, -0.2) is 30.6 Å². The van der Waals surface area contributed by atoms with E-state index in [1.807, 2.05) is 74.8 Å². The lowest BCUT2D eigenvalue weighted by Gasteiger charge is -2.17. The monoisotopic (exact) mass is 267 g/mol. The van der Waals surface area contributed by atoms with Gasteiger partial charge in [-0.3, -0.25) is 0 Å². The number of hydrogen-bond acceptors (Lipinski definition) is 2. The van der Waals surface area contributed by atoms with Crippen LogP contribution in [0.3, 0.4) is 0 Å². The molecule has 2 nitrogen and oxygen atoms in total. The molecule has 0 spiro atoms. The summed E-state index contributed by atoms with van der Waals surface area (Å²) in [6.07, 6.45) is 1.49. The third-order valence-corrected chi connectivity index (χ3v) is 3.19. The average molecular weight is 267 g/mol. The molecule has 0 aliphatic carbocycles. The number of nitrogens with zero attached hydrogens (tertiary/aromatic N) is 1. The molecular weight excluding hydrogens is 246 g/mol. The number of aliphatic hydroxyl groups excluding tert-OH is 1. The number of aliphatic hydroxyl groups is 1. The van der Waals surface area contributed by atoms with E-state index in [1.54, 1.807) is 0 Å². The van der Waals surface area contributed by atoms with E-state index in [1.165, 1.54) is 0 Å². The first-order valence-corrected chi connectivity index (χ1v) is 6.81. The Morgan fingerprint density at radius 1 is 1.00 bits per heavy atom. The van der Waals surface area contributed by atoms with Gasteiger partial charge in [-0.05, 0) is 30.8 Å². The van der Waals surface area contributed by atoms with Crippen molar-refractivity contribution in [3.63, 3.8) is 0 Å². The molecule has 0 saturated carbocycles. The van der Waals surface area contributed by atoms with Crippen molar-refractivity contribution in [3.05, 3.63) is 77.9 Å². The van der Waals surface area contributed by atoms with E-state index in [0.717, 1.165) is 23.2 Å². The summed E-state index contributed by atoms with van der Waals surface area (Å²) < 4.78 is 0. The Kier molecular flexibility index (Phi) is 5.10. The predicted molar refractivity (Wildman–Crippen MR) is 84.4 cm³/mol. The van der Waals surface area contributed by atoms with Gasteiger partial charge in [0.15, 0.2) is 0 Å². The summed E-state index contributed by atoms with van der Waals surface area (Å²) in [5, 5.41) is 10.7. The SMILES string of the molecule is CN(C)C/C=C(\c1ccccc1)C(O)c1ccccc1. The molecule has 0 bridgehead atoms. The van der Waals surface area contributed by atoms with Gasteiger partial charge in [0.25, 0.3) is 0 Å². The predicted octanol–water partition coefficient (Wildman–Crippen LogP) is 3.37. The summed E-state index contributed by atoms with van der Waals surface area (Å²) in [6.45, 7) is 0.800. The molecule has 0 radical (unpaired) electrons. The molecular formula is C18H21NO. The van der Waals surface area contributed by atoms with Crippen molar-refractivity contribution in [2.75, 3.05) is 20.6 Å². The standard InChI is InChI=1S/C18H21NO/c1-19(2)14-13-17(15-9-5-3-6-10-15)18(20)16-11-7-4-8-12-16/h3-13,18,20H,14H2,1-2H3/b17-13+. The lowest BCUT2D eigenvalue weighted by molar-refractivity contribution is 0.237. The van der Waals surface area contributed by atoms with Gasteiger partial charge in [0.2, 0.25) is 0 Å². The second kappa shape index (κ2) is 7.04. The summed E-state index contributed by atoms with van der Waals surface area (Å²) in [5.41, 5.74) is 2.93. The Morgan fingerprint density at radius 3 is 2.10 bits per heavy atom. The molecule has 2 heteroatoms. The third kappa shape index (κ3) is 3.80. The summed E-state index contributed by atoms with van der Waals surface area (Å²) in [4.78, 5) is 2.08. The van der Waals surface area contributed by atoms with Crippen molar-refractivity contribution in [1.29, 1.82) is 0 Å². The van der Waals surface area contributed by atoms with Gasteiger partial charge in [-0.1, -0.05) is 66.7 Å². The Morgan fingerprint density at radius 2 is 1.55 bits per heavy atom. The van der Waals surface area contributed by atoms with Crippen molar-refractivity contribution in [2.45, 2.75) is 6.10 Å². The fourth-order valence-corrected chi connectivity index (χ4v) is 2.11. The van der Waals surface area contributed by atoms with E-state index >= 15 is 0 Å². The van der Waals surface area contributed by atoms with Crippen molar-refractivity contribution < 1.29 is 5.11 Å². The fourth-order valence-electron chi connectivity index (χ4n) is 2.11. The quantitative estimate of drug-likeness (QED) is 0.898. The fraction of sp³-hybridized carbons (Fsp3) is 0.222. The van der Waals surface area contributed by atoms with E-state index in [0.29, 0.717) is 0 Å². The van der Waals surface area contributed by atoms with Crippen LogP contribution in [0, 0.1) is 0 Å². The summed E-state index contributed by atoms with van der Waals surface area (Å²) >= 11 is 0. The van der Waals surface area contributed by atoms with Gasteiger partial charge in [0.1, 0.15) is 6.10 Å². The van der Waals surface area contributed by atoms with Crippen LogP contribution in [0.1, 0.15) is 17.2 Å². The zero-order chi connectivity index (χ0) is 14.4. The smallest absolute Gasteiger partial charge is 0.104 e. The molecule has 0 aliphatic rings. The molecule has 2 aromatic rings. The summed E-state index contributed by atoms with van der Waals surface area (Å²) in [6, 6.07) is 19.8. The highest BCUT2D eigenvalue weighted by Gasteiger charge is 2.14. The van der Waals surface area contributed by atoms with Crippen LogP contribution in [0.25, 0.3) is 5.57 Å². The molecule has 0 aliphatic heterocycles. The van der Waals surface area contributed by atoms with Gasteiger partial charge in [-0.15, -0.1) is 0 Å². The zero-order valence-corrected chi connectivity index (χ0v) is 12.0. The molecule has 2 aromatic carbocycles. The first kappa shape index (κ1) is 14.5. The van der Waals surface area contributed by atoms with Gasteiger partial charge in [0.05, 0.1) is 0 Å². The molecule has 20 heavy (non-hydrogen) atoms. The van der Waals surface area contributed by atoms with E-state index in [-0.39, 0.29) is 0 Å². The molecule has 0 amide bonds. The maximum absolute atomic E-state index is 10.7. The van der Waals surface area contributed by atoms with Gasteiger partial charge in [0, 0.05) is 6.54 Å². The topological polar surface area (TPSA) is 23.5 Å². The molecule has 1 unspecified atom stereocenters. The van der Waals surface area contributed by atoms with E-state index in [2.05, 4.69) is 11.0 Å². The van der Waals surface area contributed by atoms with E-state index in [9.17, 15) is 5.11 Å². The normalized spacial score (nSPS) is 13.5. The van der Waals surface area contributed by atoms with Crippen LogP contribution in [0.4, 0.5) is 0 Å². The molecule has 1 N–H and O–H groups in total. The number of likely N-dealkylation sites (N-methyl/N-ethyl adjacent to an activating group) is 1. The third-order valence-electron chi connectivity index (χ3n) is 3.19. The number of benzene rings is 2. The van der Waals surface area contributed by atoms with Crippen molar-refractivity contribution in [2.24, 2.45) is 0 Å². The number of hydrogen-bond donors (Lipinski definition) is 1. The minimum Gasteiger partial charge on any atom is -0.384 e. The van der Waals surface area contributed by atoms with Gasteiger partial charge >= 0.3 is 0 Å². The molecule has 0 fully saturated rings. The molecule has 1 atom stereocenters. The molecule has 104 valence electrons. The Balaban J connectivity index is 2.34. The molecule has 0 saturated heterocycles. The van der Waals surface area contributed by atoms with Crippen molar-refractivity contribution in [3.8, 4) is 0 Å². The van der Waals surface area contributed by atoms with Crippen LogP contribution >= 0.6 is 0 Å². The second-order valence-corrected chi connectivity index (χ2v) is 5.10. The largest absolute Gasteiger partial charge is 0.384 e. The average Bonchev–Trinajstić information content (AvgIpc) is 2.49. The van der Waals surface area contributed by atoms with Crippen LogP contribution in [0.5, 0.6) is 0 Å². The summed E-state index contributed by atoms with van der Waals surface area (Å²) in [5.74, 6) is 0. The lowest BCUT2D eigenvalue weighted by atomic mass is 9.95. The maximum Gasteiger partial charge on any atom is 0.104 e. The molecule has 0 aromatic heterocycles. The van der Waals surface area contributed by atoms with Crippen LogP contribution in [-0.2, 0) is 0 Å². The zero-order valence-electron chi connectivity index (χ0n) is 12.0. The second-order valence-electron chi connectivity index (χ2n) is 5.10. The Bertz CT molecular complexity index is 546. The van der Waals surface area contributed by atoms with Crippen molar-refractivity contribution >= 4 is 5.57 Å². The lowest BCUT2D eigenvalue weighted by Crippen LogP contribution is -2.12. The maximum atomic E-state index is 10.7. The molecule has 2 rings (SSSR count). The highest BCUT2D eigenvalue weighted by Crippen LogP contribution is 2.29. The number of rotatable bonds is 5. The van der Waals surface area contributed by atoms with Crippen LogP contribution < -0.4 is 0 Å². The highest BCUT2D eigenvalue weighted by molar-refractivity contribution is 5.70. The van der Waals surface area contributed by atoms with Gasteiger partial charge in [-0.25, -0.2) is 0 Å². The van der Waals surface area contributed by atoms with Gasteiger partial charge in [-0.2, -0.15) is 0 Å². The van der Waals surface area contributed by atoms with E-state index in [4.69, 9.17) is 0 Å². The van der Waals surface area contributed by atoms with Crippen LogP contribution in [0.15, 0.2) is 66.7 Å². The minimum absolute atomic E-state index is 0.599. The Hall–Kier alpha value is -1.90. The first-order valence-electron chi connectivity index (χ1n) is 6.81.